The van der Waals surface area contributed by atoms with Gasteiger partial charge in [-0.25, -0.2) is 0 Å². The first kappa shape index (κ1) is 15.8. The minimum absolute atomic E-state index is 0.0299. The summed E-state index contributed by atoms with van der Waals surface area (Å²) in [5, 5.41) is 9.77. The molecular formula is C16H24N2O3. The summed E-state index contributed by atoms with van der Waals surface area (Å²) in [7, 11) is 4.05. The van der Waals surface area contributed by atoms with Crippen molar-refractivity contribution in [3.63, 3.8) is 0 Å². The largest absolute Gasteiger partial charge is 0.508 e. The van der Waals surface area contributed by atoms with E-state index in [1.54, 1.807) is 25.1 Å². The quantitative estimate of drug-likeness (QED) is 0.914. The summed E-state index contributed by atoms with van der Waals surface area (Å²) < 4.78 is 5.61. The van der Waals surface area contributed by atoms with Crippen molar-refractivity contribution in [3.8, 4) is 5.75 Å². The Hall–Kier alpha value is -1.59. The van der Waals surface area contributed by atoms with Crippen LogP contribution in [0.25, 0.3) is 0 Å². The number of rotatable bonds is 3. The number of carbonyl (C=O) groups is 1. The van der Waals surface area contributed by atoms with Crippen molar-refractivity contribution >= 4 is 5.91 Å². The molecule has 1 unspecified atom stereocenters. The van der Waals surface area contributed by atoms with E-state index in [1.165, 1.54) is 0 Å². The highest BCUT2D eigenvalue weighted by molar-refractivity contribution is 5.96. The van der Waals surface area contributed by atoms with Crippen LogP contribution in [-0.4, -0.2) is 67.8 Å². The minimum atomic E-state index is -0.0299. The highest BCUT2D eigenvalue weighted by atomic mass is 16.5. The number of phenolic OH excluding ortho intramolecular Hbond substituents is 1. The van der Waals surface area contributed by atoms with Crippen molar-refractivity contribution in [2.75, 3.05) is 46.9 Å². The van der Waals surface area contributed by atoms with E-state index in [2.05, 4.69) is 4.90 Å². The number of hydrogen-bond acceptors (Lipinski definition) is 4. The maximum Gasteiger partial charge on any atom is 0.254 e. The lowest BCUT2D eigenvalue weighted by Crippen LogP contribution is -2.38. The van der Waals surface area contributed by atoms with Crippen molar-refractivity contribution in [3.05, 3.63) is 29.3 Å². The molecule has 1 aromatic carbocycles. The maximum atomic E-state index is 12.7. The lowest BCUT2D eigenvalue weighted by Gasteiger charge is -2.26. The van der Waals surface area contributed by atoms with Crippen LogP contribution in [0, 0.1) is 12.8 Å². The fourth-order valence-corrected chi connectivity index (χ4v) is 2.72. The molecule has 0 bridgehead atoms. The first-order chi connectivity index (χ1) is 9.99. The standard InChI is InChI=1S/C16H24N2O3/c1-12-14(5-4-6-15(12)19)16(20)18-7-8-21-11-13(10-18)9-17(2)3/h4-6,13,19H,7-11H2,1-3H3. The maximum absolute atomic E-state index is 12.7. The third-order valence-electron chi connectivity index (χ3n) is 3.78. The van der Waals surface area contributed by atoms with Crippen molar-refractivity contribution in [1.29, 1.82) is 0 Å². The molecule has 1 N–H and O–H groups in total. The molecule has 1 aliphatic heterocycles. The van der Waals surface area contributed by atoms with Crippen LogP contribution in [0.1, 0.15) is 15.9 Å². The molecule has 1 heterocycles. The summed E-state index contributed by atoms with van der Waals surface area (Å²) in [4.78, 5) is 16.7. The number of nitrogens with zero attached hydrogens (tertiary/aromatic N) is 2. The second kappa shape index (κ2) is 6.91. The average molecular weight is 292 g/mol. The van der Waals surface area contributed by atoms with Gasteiger partial charge in [-0.05, 0) is 33.2 Å². The van der Waals surface area contributed by atoms with Gasteiger partial charge in [0.15, 0.2) is 0 Å². The van der Waals surface area contributed by atoms with Gasteiger partial charge < -0.3 is 19.6 Å². The molecule has 21 heavy (non-hydrogen) atoms. The van der Waals surface area contributed by atoms with Gasteiger partial charge in [0, 0.05) is 36.7 Å². The van der Waals surface area contributed by atoms with E-state index in [1.807, 2.05) is 19.0 Å². The number of benzene rings is 1. The van der Waals surface area contributed by atoms with Gasteiger partial charge in [-0.1, -0.05) is 6.07 Å². The number of aromatic hydroxyl groups is 1. The summed E-state index contributed by atoms with van der Waals surface area (Å²) in [6.45, 7) is 5.19. The molecule has 5 heteroatoms. The van der Waals surface area contributed by atoms with Crippen LogP contribution in [0.3, 0.4) is 0 Å². The monoisotopic (exact) mass is 292 g/mol. The SMILES string of the molecule is Cc1c(O)cccc1C(=O)N1CCOCC(CN(C)C)C1. The third kappa shape index (κ3) is 3.95. The predicted molar refractivity (Wildman–Crippen MR) is 81.6 cm³/mol. The Morgan fingerprint density at radius 2 is 2.24 bits per heavy atom. The molecule has 0 spiro atoms. The molecule has 2 rings (SSSR count). The van der Waals surface area contributed by atoms with Crippen molar-refractivity contribution < 1.29 is 14.6 Å². The molecule has 0 aromatic heterocycles. The van der Waals surface area contributed by atoms with Crippen LogP contribution in [0.2, 0.25) is 0 Å². The van der Waals surface area contributed by atoms with E-state index in [0.717, 1.165) is 6.54 Å². The molecule has 1 aromatic rings. The molecular weight excluding hydrogens is 268 g/mol. The smallest absolute Gasteiger partial charge is 0.254 e. The average Bonchev–Trinajstić information content (AvgIpc) is 2.66. The lowest BCUT2D eigenvalue weighted by atomic mass is 10.1. The first-order valence-electron chi connectivity index (χ1n) is 7.29. The van der Waals surface area contributed by atoms with Gasteiger partial charge >= 0.3 is 0 Å². The van der Waals surface area contributed by atoms with E-state index in [4.69, 9.17) is 4.74 Å². The highest BCUT2D eigenvalue weighted by Crippen LogP contribution is 2.22. The minimum Gasteiger partial charge on any atom is -0.508 e. The molecule has 116 valence electrons. The van der Waals surface area contributed by atoms with Crippen LogP contribution < -0.4 is 0 Å². The molecule has 5 nitrogen and oxygen atoms in total. The predicted octanol–water partition coefficient (Wildman–Crippen LogP) is 1.35. The van der Waals surface area contributed by atoms with Gasteiger partial charge in [0.25, 0.3) is 5.91 Å². The molecule has 1 aliphatic rings. The zero-order valence-electron chi connectivity index (χ0n) is 13.0. The second-order valence-electron chi connectivity index (χ2n) is 5.90. The van der Waals surface area contributed by atoms with E-state index in [-0.39, 0.29) is 11.7 Å². The Morgan fingerprint density at radius 1 is 1.48 bits per heavy atom. The van der Waals surface area contributed by atoms with Crippen molar-refractivity contribution in [1.82, 2.24) is 9.80 Å². The topological polar surface area (TPSA) is 53.0 Å². The van der Waals surface area contributed by atoms with Gasteiger partial charge in [-0.15, -0.1) is 0 Å². The van der Waals surface area contributed by atoms with Crippen molar-refractivity contribution in [2.24, 2.45) is 5.92 Å². The van der Waals surface area contributed by atoms with Gasteiger partial charge in [0.2, 0.25) is 0 Å². The summed E-state index contributed by atoms with van der Waals surface area (Å²) in [6, 6.07) is 5.08. The summed E-state index contributed by atoms with van der Waals surface area (Å²) in [5.41, 5.74) is 1.21. The number of amides is 1. The molecule has 0 aliphatic carbocycles. The fraction of sp³-hybridized carbons (Fsp3) is 0.562. The Labute approximate surface area is 126 Å². The Morgan fingerprint density at radius 3 is 2.95 bits per heavy atom. The van der Waals surface area contributed by atoms with Gasteiger partial charge in [-0.3, -0.25) is 4.79 Å². The number of ether oxygens (including phenoxy) is 1. The Balaban J connectivity index is 2.15. The highest BCUT2D eigenvalue weighted by Gasteiger charge is 2.25. The molecule has 1 fully saturated rings. The van der Waals surface area contributed by atoms with Gasteiger partial charge in [-0.2, -0.15) is 0 Å². The first-order valence-corrected chi connectivity index (χ1v) is 7.29. The van der Waals surface area contributed by atoms with Gasteiger partial charge in [0.05, 0.1) is 13.2 Å². The van der Waals surface area contributed by atoms with Crippen LogP contribution in [0.4, 0.5) is 0 Å². The Kier molecular flexibility index (Phi) is 5.20. The van der Waals surface area contributed by atoms with Crippen LogP contribution in [0.15, 0.2) is 18.2 Å². The van der Waals surface area contributed by atoms with E-state index in [9.17, 15) is 9.90 Å². The fourth-order valence-electron chi connectivity index (χ4n) is 2.72. The normalized spacial score (nSPS) is 19.6. The second-order valence-corrected chi connectivity index (χ2v) is 5.90. The molecule has 1 amide bonds. The van der Waals surface area contributed by atoms with Crippen LogP contribution in [-0.2, 0) is 4.74 Å². The van der Waals surface area contributed by atoms with Crippen molar-refractivity contribution in [2.45, 2.75) is 6.92 Å². The number of hydrogen-bond donors (Lipinski definition) is 1. The Bertz CT molecular complexity index is 502. The van der Waals surface area contributed by atoms with Gasteiger partial charge in [0.1, 0.15) is 5.75 Å². The zero-order valence-corrected chi connectivity index (χ0v) is 13.0. The third-order valence-corrected chi connectivity index (χ3v) is 3.78. The molecule has 0 saturated carbocycles. The molecule has 0 radical (unpaired) electrons. The summed E-state index contributed by atoms with van der Waals surface area (Å²) in [5.74, 6) is 0.443. The lowest BCUT2D eigenvalue weighted by molar-refractivity contribution is 0.0734. The molecule has 1 atom stereocenters. The van der Waals surface area contributed by atoms with Crippen LogP contribution in [0.5, 0.6) is 5.75 Å². The summed E-state index contributed by atoms with van der Waals surface area (Å²) in [6.07, 6.45) is 0. The number of phenols is 1. The van der Waals surface area contributed by atoms with Crippen LogP contribution >= 0.6 is 0 Å². The molecule has 1 saturated heterocycles. The summed E-state index contributed by atoms with van der Waals surface area (Å²) >= 11 is 0. The zero-order chi connectivity index (χ0) is 15.4. The van der Waals surface area contributed by atoms with E-state index in [0.29, 0.717) is 43.3 Å². The number of carbonyl (C=O) groups excluding carboxylic acids is 1. The van der Waals surface area contributed by atoms with E-state index < -0.39 is 0 Å². The van der Waals surface area contributed by atoms with E-state index >= 15 is 0 Å².